The van der Waals surface area contributed by atoms with Gasteiger partial charge in [0.15, 0.2) is 11.6 Å². The number of aromatic amines is 1. The molecule has 0 aliphatic heterocycles. The second-order valence-electron chi connectivity index (χ2n) is 9.12. The van der Waals surface area contributed by atoms with Crippen LogP contribution in [0.25, 0.3) is 22.2 Å². The lowest BCUT2D eigenvalue weighted by molar-refractivity contribution is -0.137. The summed E-state index contributed by atoms with van der Waals surface area (Å²) in [6, 6.07) is 6.07. The van der Waals surface area contributed by atoms with Gasteiger partial charge < -0.3 is 15.6 Å². The summed E-state index contributed by atoms with van der Waals surface area (Å²) in [5, 5.41) is 5.59. The van der Waals surface area contributed by atoms with Gasteiger partial charge in [-0.25, -0.2) is 18.2 Å². The predicted octanol–water partition coefficient (Wildman–Crippen LogP) is 6.21. The molecule has 0 bridgehead atoms. The highest BCUT2D eigenvalue weighted by atomic mass is 19.4. The van der Waals surface area contributed by atoms with Crippen molar-refractivity contribution in [2.75, 3.05) is 5.32 Å². The summed E-state index contributed by atoms with van der Waals surface area (Å²) in [5.74, 6) is -3.98. The number of fused-ring (bicyclic) bond motifs is 1. The second kappa shape index (κ2) is 9.99. The molecule has 1 amide bonds. The zero-order chi connectivity index (χ0) is 27.0. The van der Waals surface area contributed by atoms with Crippen LogP contribution in [0, 0.1) is 17.5 Å². The minimum absolute atomic E-state index is 0.159. The average molecular weight is 533 g/mol. The average Bonchev–Trinajstić information content (AvgIpc) is 3.29. The quantitative estimate of drug-likeness (QED) is 0.266. The molecular weight excluding hydrogens is 512 g/mol. The molecule has 0 unspecified atom stereocenters. The van der Waals surface area contributed by atoms with E-state index in [2.05, 4.69) is 25.6 Å². The first kappa shape index (κ1) is 25.6. The number of amides is 1. The summed E-state index contributed by atoms with van der Waals surface area (Å²) in [6.45, 7) is 0. The van der Waals surface area contributed by atoms with Crippen molar-refractivity contribution < 1.29 is 31.1 Å². The number of carbonyl (C=O) groups excluding carboxylic acids is 1. The van der Waals surface area contributed by atoms with E-state index in [4.69, 9.17) is 0 Å². The molecule has 3 N–H and O–H groups in total. The van der Waals surface area contributed by atoms with E-state index in [1.165, 1.54) is 6.20 Å². The molecule has 0 saturated heterocycles. The number of nitrogens with zero attached hydrogens (tertiary/aromatic N) is 2. The normalized spacial score (nSPS) is 17.9. The SMILES string of the molecule is O=C(N[C@H]1CCC[C@@H](Nc2nc(-c3c[nH]c4c(F)cc(F)cc34)c(C(F)(F)F)cc2F)C1)c1ccccn1. The lowest BCUT2D eigenvalue weighted by atomic mass is 9.90. The van der Waals surface area contributed by atoms with Crippen molar-refractivity contribution in [1.82, 2.24) is 20.3 Å². The van der Waals surface area contributed by atoms with Gasteiger partial charge in [-0.15, -0.1) is 0 Å². The minimum Gasteiger partial charge on any atom is -0.365 e. The standard InChI is InChI=1S/C26H21F6N5O/c27-13-8-16-17(12-34-23(16)19(28)9-13)22-18(26(30,31)32)11-20(29)24(37-22)35-14-4-3-5-15(10-14)36-25(38)21-6-1-2-7-33-21/h1-2,6-9,11-12,14-15,34H,3-5,10H2,(H,35,37)(H,36,38)/t14-,15+/m1/s1. The van der Waals surface area contributed by atoms with Crippen molar-refractivity contribution in [2.24, 2.45) is 0 Å². The van der Waals surface area contributed by atoms with Gasteiger partial charge in [-0.05, 0) is 49.9 Å². The maximum atomic E-state index is 14.9. The van der Waals surface area contributed by atoms with E-state index >= 15 is 0 Å². The highest BCUT2D eigenvalue weighted by Gasteiger charge is 2.37. The molecule has 3 aromatic heterocycles. The third-order valence-corrected chi connectivity index (χ3v) is 6.49. The van der Waals surface area contributed by atoms with Gasteiger partial charge in [-0.2, -0.15) is 13.2 Å². The molecule has 198 valence electrons. The summed E-state index contributed by atoms with van der Waals surface area (Å²) in [5.41, 5.74) is -2.23. The van der Waals surface area contributed by atoms with Crippen molar-refractivity contribution in [3.05, 3.63) is 77.5 Å². The number of halogens is 6. The van der Waals surface area contributed by atoms with Gasteiger partial charge in [0.1, 0.15) is 17.3 Å². The molecule has 1 fully saturated rings. The number of pyridine rings is 2. The van der Waals surface area contributed by atoms with Crippen LogP contribution in [-0.4, -0.2) is 32.9 Å². The van der Waals surface area contributed by atoms with Crippen LogP contribution in [0.5, 0.6) is 0 Å². The van der Waals surface area contributed by atoms with Gasteiger partial charge in [-0.1, -0.05) is 6.07 Å². The molecule has 1 aliphatic carbocycles. The number of hydrogen-bond acceptors (Lipinski definition) is 4. The molecule has 4 aromatic rings. The first-order chi connectivity index (χ1) is 18.1. The Hall–Kier alpha value is -4.09. The summed E-state index contributed by atoms with van der Waals surface area (Å²) in [4.78, 5) is 22.9. The number of H-pyrrole nitrogens is 1. The third kappa shape index (κ3) is 5.15. The Bertz CT molecular complexity index is 1490. The van der Waals surface area contributed by atoms with E-state index in [1.807, 2.05) is 0 Å². The van der Waals surface area contributed by atoms with Crippen LogP contribution in [0.3, 0.4) is 0 Å². The lowest BCUT2D eigenvalue weighted by Gasteiger charge is -2.31. The van der Waals surface area contributed by atoms with E-state index in [9.17, 15) is 31.1 Å². The molecule has 2 atom stereocenters. The van der Waals surface area contributed by atoms with Crippen molar-refractivity contribution in [2.45, 2.75) is 43.9 Å². The number of hydrogen-bond donors (Lipinski definition) is 3. The molecule has 38 heavy (non-hydrogen) atoms. The zero-order valence-corrected chi connectivity index (χ0v) is 19.7. The van der Waals surface area contributed by atoms with Crippen LogP contribution < -0.4 is 10.6 Å². The minimum atomic E-state index is -4.98. The Morgan fingerprint density at radius 2 is 1.82 bits per heavy atom. The first-order valence-corrected chi connectivity index (χ1v) is 11.8. The fraction of sp³-hybridized carbons (Fsp3) is 0.269. The number of alkyl halides is 3. The van der Waals surface area contributed by atoms with Crippen LogP contribution in [0.15, 0.2) is 48.8 Å². The van der Waals surface area contributed by atoms with E-state index in [0.29, 0.717) is 37.8 Å². The molecule has 12 heteroatoms. The molecule has 1 aliphatic rings. The highest BCUT2D eigenvalue weighted by Crippen LogP contribution is 2.41. The topological polar surface area (TPSA) is 82.7 Å². The van der Waals surface area contributed by atoms with Gasteiger partial charge >= 0.3 is 6.18 Å². The fourth-order valence-electron chi connectivity index (χ4n) is 4.76. The number of nitrogens with one attached hydrogen (secondary N) is 3. The van der Waals surface area contributed by atoms with Gasteiger partial charge in [0, 0.05) is 41.5 Å². The van der Waals surface area contributed by atoms with E-state index < -0.39 is 46.7 Å². The molecule has 0 spiro atoms. The van der Waals surface area contributed by atoms with Crippen molar-refractivity contribution >= 4 is 22.6 Å². The molecule has 1 aromatic carbocycles. The van der Waals surface area contributed by atoms with Crippen LogP contribution in [0.4, 0.5) is 32.2 Å². The fourth-order valence-corrected chi connectivity index (χ4v) is 4.76. The smallest absolute Gasteiger partial charge is 0.365 e. The van der Waals surface area contributed by atoms with Gasteiger partial charge in [0.25, 0.3) is 5.91 Å². The number of benzene rings is 1. The Morgan fingerprint density at radius 1 is 1.03 bits per heavy atom. The summed E-state index contributed by atoms with van der Waals surface area (Å²) < 4.78 is 84.5. The number of anilines is 1. The van der Waals surface area contributed by atoms with E-state index in [1.54, 1.807) is 18.2 Å². The number of carbonyl (C=O) groups is 1. The Labute approximate surface area is 212 Å². The lowest BCUT2D eigenvalue weighted by Crippen LogP contribution is -2.42. The van der Waals surface area contributed by atoms with Crippen LogP contribution in [0.2, 0.25) is 0 Å². The van der Waals surface area contributed by atoms with E-state index in [0.717, 1.165) is 12.3 Å². The van der Waals surface area contributed by atoms with Crippen LogP contribution >= 0.6 is 0 Å². The van der Waals surface area contributed by atoms with Gasteiger partial charge in [0.2, 0.25) is 0 Å². The first-order valence-electron chi connectivity index (χ1n) is 11.8. The molecule has 5 rings (SSSR count). The molecule has 1 saturated carbocycles. The van der Waals surface area contributed by atoms with Crippen LogP contribution in [0.1, 0.15) is 41.7 Å². The van der Waals surface area contributed by atoms with Crippen molar-refractivity contribution in [3.8, 4) is 11.3 Å². The van der Waals surface area contributed by atoms with Gasteiger partial charge in [0.05, 0.1) is 16.8 Å². The predicted molar refractivity (Wildman–Crippen MR) is 128 cm³/mol. The molecular formula is C26H21F6N5O. The second-order valence-corrected chi connectivity index (χ2v) is 9.12. The number of rotatable bonds is 5. The summed E-state index contributed by atoms with van der Waals surface area (Å²) in [6.07, 6.45) is -0.138. The molecule has 6 nitrogen and oxygen atoms in total. The van der Waals surface area contributed by atoms with Crippen molar-refractivity contribution in [3.63, 3.8) is 0 Å². The third-order valence-electron chi connectivity index (χ3n) is 6.49. The van der Waals surface area contributed by atoms with Gasteiger partial charge in [-0.3, -0.25) is 9.78 Å². The maximum absolute atomic E-state index is 14.9. The Morgan fingerprint density at radius 3 is 2.55 bits per heavy atom. The molecule has 3 heterocycles. The maximum Gasteiger partial charge on any atom is 0.418 e. The molecule has 0 radical (unpaired) electrons. The van der Waals surface area contributed by atoms with E-state index in [-0.39, 0.29) is 34.1 Å². The van der Waals surface area contributed by atoms with Crippen LogP contribution in [-0.2, 0) is 6.18 Å². The van der Waals surface area contributed by atoms with Crippen molar-refractivity contribution in [1.29, 1.82) is 0 Å². The highest BCUT2D eigenvalue weighted by molar-refractivity contribution is 5.96. The Kier molecular flexibility index (Phi) is 6.72. The Balaban J connectivity index is 1.44. The number of aromatic nitrogens is 3. The summed E-state index contributed by atoms with van der Waals surface area (Å²) >= 11 is 0. The zero-order valence-electron chi connectivity index (χ0n) is 19.7. The monoisotopic (exact) mass is 533 g/mol. The summed E-state index contributed by atoms with van der Waals surface area (Å²) in [7, 11) is 0. The largest absolute Gasteiger partial charge is 0.418 e.